The van der Waals surface area contributed by atoms with Crippen molar-refractivity contribution < 1.29 is 24.2 Å². The first-order chi connectivity index (χ1) is 20.2. The van der Waals surface area contributed by atoms with E-state index in [1.54, 1.807) is 6.33 Å². The van der Waals surface area contributed by atoms with Gasteiger partial charge in [0.15, 0.2) is 0 Å². The number of benzene rings is 1. The Morgan fingerprint density at radius 2 is 1.88 bits per heavy atom. The van der Waals surface area contributed by atoms with Gasteiger partial charge in [-0.3, -0.25) is 0 Å². The minimum atomic E-state index is -1.23. The van der Waals surface area contributed by atoms with Gasteiger partial charge in [-0.1, -0.05) is 31.8 Å². The van der Waals surface area contributed by atoms with Crippen LogP contribution in [0.25, 0.3) is 22.3 Å². The quantitative estimate of drug-likeness (QED) is 0.243. The lowest BCUT2D eigenvalue weighted by molar-refractivity contribution is 0.0909. The Hall–Kier alpha value is -3.68. The highest BCUT2D eigenvalue weighted by Gasteiger charge is 2.25. The lowest BCUT2D eigenvalue weighted by Crippen LogP contribution is -2.50. The average molecular weight is 596 g/mol. The molecule has 0 bridgehead atoms. The van der Waals surface area contributed by atoms with Gasteiger partial charge in [0.1, 0.15) is 24.5 Å². The third kappa shape index (κ3) is 7.39. The number of carbonyl (C=O) groups excluding carboxylic acids is 1. The number of hydrogen-bond donors (Lipinski definition) is 3. The first kappa shape index (κ1) is 29.8. The van der Waals surface area contributed by atoms with Crippen molar-refractivity contribution >= 4 is 42.7 Å². The monoisotopic (exact) mass is 595 g/mol. The van der Waals surface area contributed by atoms with Gasteiger partial charge in [0.05, 0.1) is 24.3 Å². The average Bonchev–Trinajstić information content (AvgIpc) is 3.34. The molecule has 3 N–H and O–H groups in total. The Morgan fingerprint density at radius 1 is 1.12 bits per heavy atom. The summed E-state index contributed by atoms with van der Waals surface area (Å²) in [6.45, 7) is 11.8. The smallest absolute Gasteiger partial charge is 0.407 e. The molecule has 0 saturated carbocycles. The highest BCUT2D eigenvalue weighted by molar-refractivity contribution is 6.76. The predicted octanol–water partition coefficient (Wildman–Crippen LogP) is 4.51. The van der Waals surface area contributed by atoms with Crippen molar-refractivity contribution in [3.05, 3.63) is 36.7 Å². The molecule has 2 fully saturated rings. The molecule has 226 valence electrons. The van der Waals surface area contributed by atoms with Gasteiger partial charge >= 0.3 is 12.1 Å². The van der Waals surface area contributed by atoms with Gasteiger partial charge < -0.3 is 39.6 Å². The molecular formula is C29H41N7O5Si. The third-order valence-electron chi connectivity index (χ3n) is 7.66. The maximum Gasteiger partial charge on any atom is 0.407 e. The molecule has 4 heterocycles. The zero-order valence-corrected chi connectivity index (χ0v) is 25.6. The molecule has 12 nitrogen and oxygen atoms in total. The zero-order valence-electron chi connectivity index (χ0n) is 24.6. The number of nitrogens with zero attached hydrogens (tertiary/aromatic N) is 5. The van der Waals surface area contributed by atoms with E-state index in [-0.39, 0.29) is 12.1 Å². The summed E-state index contributed by atoms with van der Waals surface area (Å²) < 4.78 is 13.8. The molecule has 1 aromatic carbocycles. The molecule has 5 rings (SSSR count). The summed E-state index contributed by atoms with van der Waals surface area (Å²) in [6.07, 6.45) is 2.12. The standard InChI is InChI=1S/C29H41N7O5Si/c1-42(2,3)16-15-41-20-36-25(17-24-26(30-19-31-27(24)36)34-11-13-40-14-12-34)21-6-8-22(9-7-21)32-28(37)33-23-5-4-10-35(18-23)29(38)39/h6-9,17,19,23H,4-5,10-16,18,20H2,1-3H3,(H,38,39)(H2,32,33,37). The van der Waals surface area contributed by atoms with E-state index in [9.17, 15) is 14.7 Å². The van der Waals surface area contributed by atoms with Gasteiger partial charge in [-0.05, 0) is 42.6 Å². The molecule has 3 amide bonds. The molecule has 13 heteroatoms. The molecule has 3 aromatic rings. The number of anilines is 2. The molecule has 42 heavy (non-hydrogen) atoms. The van der Waals surface area contributed by atoms with E-state index >= 15 is 0 Å². The number of amides is 3. The molecule has 2 saturated heterocycles. The van der Waals surface area contributed by atoms with E-state index < -0.39 is 14.2 Å². The van der Waals surface area contributed by atoms with E-state index in [1.807, 2.05) is 24.3 Å². The lowest BCUT2D eigenvalue weighted by atomic mass is 10.1. The first-order valence-corrected chi connectivity index (χ1v) is 18.3. The van der Waals surface area contributed by atoms with Gasteiger partial charge in [0, 0.05) is 52.6 Å². The zero-order chi connectivity index (χ0) is 29.7. The van der Waals surface area contributed by atoms with Crippen LogP contribution in [0.3, 0.4) is 0 Å². The highest BCUT2D eigenvalue weighted by Crippen LogP contribution is 2.33. The maximum absolute atomic E-state index is 12.7. The van der Waals surface area contributed by atoms with Crippen LogP contribution in [0.2, 0.25) is 25.7 Å². The Labute approximate surface area is 247 Å². The van der Waals surface area contributed by atoms with Crippen LogP contribution in [-0.2, 0) is 16.2 Å². The maximum atomic E-state index is 12.7. The minimum absolute atomic E-state index is 0.215. The fraction of sp³-hybridized carbons (Fsp3) is 0.517. The van der Waals surface area contributed by atoms with Gasteiger partial charge in [-0.25, -0.2) is 19.6 Å². The number of rotatable bonds is 9. The third-order valence-corrected chi connectivity index (χ3v) is 9.37. The number of aromatic nitrogens is 3. The molecule has 2 aromatic heterocycles. The summed E-state index contributed by atoms with van der Waals surface area (Å²) in [5, 5.41) is 16.0. The molecule has 0 radical (unpaired) electrons. The number of morpholine rings is 1. The Balaban J connectivity index is 1.34. The van der Waals surface area contributed by atoms with Crippen molar-refractivity contribution in [1.82, 2.24) is 24.8 Å². The van der Waals surface area contributed by atoms with Crippen LogP contribution in [0.15, 0.2) is 36.7 Å². The highest BCUT2D eigenvalue weighted by atomic mass is 28.3. The van der Waals surface area contributed by atoms with Gasteiger partial charge in [0.25, 0.3) is 0 Å². The van der Waals surface area contributed by atoms with E-state index in [0.29, 0.717) is 45.3 Å². The van der Waals surface area contributed by atoms with Crippen LogP contribution in [0.1, 0.15) is 12.8 Å². The minimum Gasteiger partial charge on any atom is -0.465 e. The van der Waals surface area contributed by atoms with E-state index in [2.05, 4.69) is 55.8 Å². The SMILES string of the molecule is C[Si](C)(C)CCOCn1c(-c2ccc(NC(=O)NC3CCCN(C(=O)O)C3)cc2)cc2c(N3CCOCC3)ncnc21. The van der Waals surface area contributed by atoms with Gasteiger partial charge in [0.2, 0.25) is 0 Å². The van der Waals surface area contributed by atoms with Gasteiger partial charge in [-0.2, -0.15) is 0 Å². The molecule has 2 aliphatic rings. The van der Waals surface area contributed by atoms with Crippen molar-refractivity contribution in [3.63, 3.8) is 0 Å². The topological polar surface area (TPSA) is 134 Å². The molecular weight excluding hydrogens is 554 g/mol. The number of piperidine rings is 1. The lowest BCUT2D eigenvalue weighted by Gasteiger charge is -2.31. The number of likely N-dealkylation sites (tertiary alicyclic amines) is 1. The van der Waals surface area contributed by atoms with Crippen molar-refractivity contribution in [1.29, 1.82) is 0 Å². The second kappa shape index (κ2) is 13.1. The number of fused-ring (bicyclic) bond motifs is 1. The first-order valence-electron chi connectivity index (χ1n) is 14.6. The Kier molecular flexibility index (Phi) is 9.29. The predicted molar refractivity (Wildman–Crippen MR) is 165 cm³/mol. The molecule has 2 aliphatic heterocycles. The summed E-state index contributed by atoms with van der Waals surface area (Å²) in [6, 6.07) is 10.3. The normalized spacial score (nSPS) is 17.8. The molecule has 1 unspecified atom stereocenters. The second-order valence-electron chi connectivity index (χ2n) is 12.1. The van der Waals surface area contributed by atoms with Crippen LogP contribution in [0.4, 0.5) is 21.1 Å². The van der Waals surface area contributed by atoms with E-state index in [0.717, 1.165) is 60.1 Å². The number of ether oxygens (including phenoxy) is 2. The van der Waals surface area contributed by atoms with Crippen molar-refractivity contribution in [2.75, 3.05) is 56.2 Å². The summed E-state index contributed by atoms with van der Waals surface area (Å²) in [7, 11) is -1.23. The number of nitrogens with one attached hydrogen (secondary N) is 2. The summed E-state index contributed by atoms with van der Waals surface area (Å²) in [5.74, 6) is 0.893. The Morgan fingerprint density at radius 3 is 2.60 bits per heavy atom. The van der Waals surface area contributed by atoms with Crippen molar-refractivity contribution in [3.8, 4) is 11.3 Å². The fourth-order valence-corrected chi connectivity index (χ4v) is 6.08. The molecule has 1 atom stereocenters. The van der Waals surface area contributed by atoms with Crippen LogP contribution >= 0.6 is 0 Å². The summed E-state index contributed by atoms with van der Waals surface area (Å²) in [4.78, 5) is 36.8. The second-order valence-corrected chi connectivity index (χ2v) is 17.7. The van der Waals surface area contributed by atoms with Gasteiger partial charge in [-0.15, -0.1) is 0 Å². The van der Waals surface area contributed by atoms with Crippen LogP contribution in [-0.4, -0.2) is 96.8 Å². The van der Waals surface area contributed by atoms with E-state index in [4.69, 9.17) is 9.47 Å². The van der Waals surface area contributed by atoms with Crippen molar-refractivity contribution in [2.24, 2.45) is 0 Å². The molecule has 0 spiro atoms. The molecule has 0 aliphatic carbocycles. The number of urea groups is 1. The summed E-state index contributed by atoms with van der Waals surface area (Å²) in [5.41, 5.74) is 3.38. The number of carboxylic acid groups (broad SMARTS) is 1. The number of hydrogen-bond acceptors (Lipinski definition) is 7. The Bertz CT molecular complexity index is 1390. The van der Waals surface area contributed by atoms with Crippen molar-refractivity contribution in [2.45, 2.75) is 51.3 Å². The van der Waals surface area contributed by atoms with Crippen LogP contribution < -0.4 is 15.5 Å². The van der Waals surface area contributed by atoms with E-state index in [1.165, 1.54) is 4.90 Å². The van der Waals surface area contributed by atoms with Crippen LogP contribution in [0, 0.1) is 0 Å². The summed E-state index contributed by atoms with van der Waals surface area (Å²) >= 11 is 0. The number of carbonyl (C=O) groups is 2. The van der Waals surface area contributed by atoms with Crippen LogP contribution in [0.5, 0.6) is 0 Å². The largest absolute Gasteiger partial charge is 0.465 e. The fourth-order valence-electron chi connectivity index (χ4n) is 5.33.